The number of nitrogens with one attached hydrogen (secondary N) is 1. The number of rotatable bonds is 7. The molecule has 6 nitrogen and oxygen atoms in total. The number of hydrogen-bond donors (Lipinski definition) is 2. The fourth-order valence-electron chi connectivity index (χ4n) is 2.12. The van der Waals surface area contributed by atoms with Crippen LogP contribution in [0.5, 0.6) is 0 Å². The largest absolute Gasteiger partial charge is 0.390 e. The maximum absolute atomic E-state index is 12.1. The highest BCUT2D eigenvalue weighted by molar-refractivity contribution is 6.21. The van der Waals surface area contributed by atoms with E-state index in [1.54, 1.807) is 31.4 Å². The van der Waals surface area contributed by atoms with Crippen molar-refractivity contribution in [2.24, 2.45) is 0 Å². The van der Waals surface area contributed by atoms with Crippen LogP contribution >= 0.6 is 0 Å². The van der Waals surface area contributed by atoms with Gasteiger partial charge in [-0.25, -0.2) is 0 Å². The molecule has 1 aliphatic rings. The second kappa shape index (κ2) is 6.60. The standard InChI is InChI=1S/C14H18N2O4/c1-20-7-6-15-8-10(17)9-16-13(18)11-4-2-3-5-12(11)14(16)19/h2-5,10,15,17H,6-9H2,1H3. The molecular formula is C14H18N2O4. The maximum atomic E-state index is 12.1. The van der Waals surface area contributed by atoms with E-state index in [1.165, 1.54) is 0 Å². The van der Waals surface area contributed by atoms with Gasteiger partial charge in [0.05, 0.1) is 30.4 Å². The summed E-state index contributed by atoms with van der Waals surface area (Å²) >= 11 is 0. The third kappa shape index (κ3) is 3.04. The van der Waals surface area contributed by atoms with Crippen LogP contribution in [0.2, 0.25) is 0 Å². The van der Waals surface area contributed by atoms with Crippen LogP contribution in [-0.2, 0) is 4.74 Å². The molecule has 0 aliphatic carbocycles. The topological polar surface area (TPSA) is 78.9 Å². The van der Waals surface area contributed by atoms with Crippen molar-refractivity contribution in [3.05, 3.63) is 35.4 Å². The molecule has 0 bridgehead atoms. The Hall–Kier alpha value is -1.76. The first-order chi connectivity index (χ1) is 9.65. The van der Waals surface area contributed by atoms with Gasteiger partial charge in [-0.15, -0.1) is 0 Å². The summed E-state index contributed by atoms with van der Waals surface area (Å²) in [5.74, 6) is -0.692. The molecule has 108 valence electrons. The zero-order valence-electron chi connectivity index (χ0n) is 11.3. The monoisotopic (exact) mass is 278 g/mol. The molecule has 1 aromatic carbocycles. The van der Waals surface area contributed by atoms with Crippen molar-refractivity contribution in [2.75, 3.05) is 33.4 Å². The molecule has 0 saturated heterocycles. The van der Waals surface area contributed by atoms with Crippen LogP contribution in [0, 0.1) is 0 Å². The van der Waals surface area contributed by atoms with E-state index in [1.807, 2.05) is 0 Å². The highest BCUT2D eigenvalue weighted by Gasteiger charge is 2.35. The minimum Gasteiger partial charge on any atom is -0.390 e. The van der Waals surface area contributed by atoms with Gasteiger partial charge in [-0.05, 0) is 12.1 Å². The number of carbonyl (C=O) groups excluding carboxylic acids is 2. The average Bonchev–Trinajstić information content (AvgIpc) is 2.69. The SMILES string of the molecule is COCCNCC(O)CN1C(=O)c2ccccc2C1=O. The fraction of sp³-hybridized carbons (Fsp3) is 0.429. The Bertz CT molecular complexity index is 469. The molecule has 0 spiro atoms. The van der Waals surface area contributed by atoms with Crippen LogP contribution in [0.4, 0.5) is 0 Å². The number of carbonyl (C=O) groups is 2. The number of ether oxygens (including phenoxy) is 1. The lowest BCUT2D eigenvalue weighted by molar-refractivity contribution is 0.0541. The van der Waals surface area contributed by atoms with Crippen molar-refractivity contribution in [3.8, 4) is 0 Å². The van der Waals surface area contributed by atoms with Gasteiger partial charge >= 0.3 is 0 Å². The van der Waals surface area contributed by atoms with E-state index < -0.39 is 6.10 Å². The molecule has 1 heterocycles. The van der Waals surface area contributed by atoms with Gasteiger partial charge in [0.25, 0.3) is 11.8 Å². The number of nitrogens with zero attached hydrogens (tertiary/aromatic N) is 1. The lowest BCUT2D eigenvalue weighted by atomic mass is 10.1. The molecule has 1 aliphatic heterocycles. The van der Waals surface area contributed by atoms with Crippen LogP contribution in [0.1, 0.15) is 20.7 Å². The van der Waals surface area contributed by atoms with Gasteiger partial charge in [-0.1, -0.05) is 12.1 Å². The number of hydrogen-bond acceptors (Lipinski definition) is 5. The normalized spacial score (nSPS) is 15.6. The Morgan fingerprint density at radius 1 is 1.25 bits per heavy atom. The molecule has 0 radical (unpaired) electrons. The van der Waals surface area contributed by atoms with Crippen molar-refractivity contribution in [1.82, 2.24) is 10.2 Å². The molecule has 1 aromatic rings. The molecule has 1 atom stereocenters. The van der Waals surface area contributed by atoms with Crippen LogP contribution in [0.15, 0.2) is 24.3 Å². The quantitative estimate of drug-likeness (QED) is 0.537. The highest BCUT2D eigenvalue weighted by atomic mass is 16.5. The van der Waals surface area contributed by atoms with Crippen LogP contribution in [0.3, 0.4) is 0 Å². The van der Waals surface area contributed by atoms with Gasteiger partial charge in [-0.3, -0.25) is 14.5 Å². The van der Waals surface area contributed by atoms with E-state index in [9.17, 15) is 14.7 Å². The minimum absolute atomic E-state index is 0.00761. The number of fused-ring (bicyclic) bond motifs is 1. The van der Waals surface area contributed by atoms with E-state index in [4.69, 9.17) is 4.74 Å². The van der Waals surface area contributed by atoms with Gasteiger partial charge < -0.3 is 15.2 Å². The van der Waals surface area contributed by atoms with E-state index >= 15 is 0 Å². The second-order valence-electron chi connectivity index (χ2n) is 4.62. The number of methoxy groups -OCH3 is 1. The summed E-state index contributed by atoms with van der Waals surface area (Å²) in [5.41, 5.74) is 0.800. The summed E-state index contributed by atoms with van der Waals surface area (Å²) in [6, 6.07) is 6.68. The lowest BCUT2D eigenvalue weighted by Gasteiger charge is -2.18. The third-order valence-electron chi connectivity index (χ3n) is 3.13. The van der Waals surface area contributed by atoms with E-state index in [0.29, 0.717) is 30.8 Å². The Morgan fingerprint density at radius 2 is 1.85 bits per heavy atom. The number of aliphatic hydroxyl groups is 1. The predicted molar refractivity (Wildman–Crippen MR) is 72.6 cm³/mol. The Morgan fingerprint density at radius 3 is 2.40 bits per heavy atom. The summed E-state index contributed by atoms with van der Waals surface area (Å²) < 4.78 is 4.87. The molecule has 0 saturated carbocycles. The van der Waals surface area contributed by atoms with Crippen molar-refractivity contribution < 1.29 is 19.4 Å². The molecule has 20 heavy (non-hydrogen) atoms. The van der Waals surface area contributed by atoms with Crippen molar-refractivity contribution in [2.45, 2.75) is 6.10 Å². The summed E-state index contributed by atoms with van der Waals surface area (Å²) in [5, 5.41) is 12.9. The van der Waals surface area contributed by atoms with Crippen molar-refractivity contribution in [3.63, 3.8) is 0 Å². The Kier molecular flexibility index (Phi) is 4.84. The number of amides is 2. The van der Waals surface area contributed by atoms with Crippen LogP contribution < -0.4 is 5.32 Å². The van der Waals surface area contributed by atoms with Crippen molar-refractivity contribution in [1.29, 1.82) is 0 Å². The van der Waals surface area contributed by atoms with Gasteiger partial charge in [0.1, 0.15) is 0 Å². The summed E-state index contributed by atoms with van der Waals surface area (Å²) in [4.78, 5) is 25.2. The first kappa shape index (κ1) is 14.6. The number of aliphatic hydroxyl groups excluding tert-OH is 1. The summed E-state index contributed by atoms with van der Waals surface area (Å²) in [7, 11) is 1.59. The third-order valence-corrected chi connectivity index (χ3v) is 3.13. The lowest BCUT2D eigenvalue weighted by Crippen LogP contribution is -2.41. The molecule has 0 fully saturated rings. The van der Waals surface area contributed by atoms with Gasteiger partial charge in [0.2, 0.25) is 0 Å². The number of β-amino-alcohol motifs (C(OH)–C–C–N with tert-alkyl or cyclic N) is 1. The second-order valence-corrected chi connectivity index (χ2v) is 4.62. The maximum Gasteiger partial charge on any atom is 0.261 e. The molecular weight excluding hydrogens is 260 g/mol. The van der Waals surface area contributed by atoms with Gasteiger partial charge in [-0.2, -0.15) is 0 Å². The summed E-state index contributed by atoms with van der Waals surface area (Å²) in [6.07, 6.45) is -0.797. The first-order valence-corrected chi connectivity index (χ1v) is 6.48. The van der Waals surface area contributed by atoms with E-state index in [-0.39, 0.29) is 18.4 Å². The smallest absolute Gasteiger partial charge is 0.261 e. The number of imide groups is 1. The zero-order chi connectivity index (χ0) is 14.5. The Labute approximate surface area is 117 Å². The molecule has 2 N–H and O–H groups in total. The fourth-order valence-corrected chi connectivity index (χ4v) is 2.12. The predicted octanol–water partition coefficient (Wildman–Crippen LogP) is -0.120. The van der Waals surface area contributed by atoms with Crippen LogP contribution in [0.25, 0.3) is 0 Å². The van der Waals surface area contributed by atoms with Gasteiger partial charge in [0.15, 0.2) is 0 Å². The molecule has 2 amide bonds. The van der Waals surface area contributed by atoms with Gasteiger partial charge in [0, 0.05) is 20.2 Å². The molecule has 2 rings (SSSR count). The van der Waals surface area contributed by atoms with Crippen LogP contribution in [-0.4, -0.2) is 61.3 Å². The molecule has 0 aromatic heterocycles. The van der Waals surface area contributed by atoms with Crippen molar-refractivity contribution >= 4 is 11.8 Å². The summed E-state index contributed by atoms with van der Waals surface area (Å²) in [6.45, 7) is 1.44. The van der Waals surface area contributed by atoms with E-state index in [2.05, 4.69) is 5.32 Å². The molecule has 6 heteroatoms. The first-order valence-electron chi connectivity index (χ1n) is 6.48. The zero-order valence-corrected chi connectivity index (χ0v) is 11.3. The van der Waals surface area contributed by atoms with E-state index in [0.717, 1.165) is 4.90 Å². The average molecular weight is 278 g/mol. The molecule has 1 unspecified atom stereocenters. The Balaban J connectivity index is 1.91. The number of benzene rings is 1. The minimum atomic E-state index is -0.797. The highest BCUT2D eigenvalue weighted by Crippen LogP contribution is 2.22.